The summed E-state index contributed by atoms with van der Waals surface area (Å²) in [4.78, 5) is 10.6. The fourth-order valence-electron chi connectivity index (χ4n) is 1.12. The van der Waals surface area contributed by atoms with Crippen molar-refractivity contribution >= 4 is 29.1 Å². The zero-order chi connectivity index (χ0) is 12.1. The zero-order valence-electron chi connectivity index (χ0n) is 8.14. The smallest absolute Gasteiger partial charge is 0.315 e. The molecule has 1 N–H and O–H groups in total. The molecule has 0 saturated carbocycles. The number of benzene rings is 1. The molecule has 0 aliphatic heterocycles. The van der Waals surface area contributed by atoms with Crippen LogP contribution in [-0.2, 0) is 11.2 Å². The molecule has 0 aliphatic rings. The molecule has 0 bridgehead atoms. The molecule has 1 rings (SSSR count). The Morgan fingerprint density at radius 2 is 2.06 bits per heavy atom. The summed E-state index contributed by atoms with van der Waals surface area (Å²) in [5.74, 6) is -1.27. The molecule has 0 heterocycles. The quantitative estimate of drug-likeness (QED) is 0.893. The Morgan fingerprint density at radius 3 is 2.62 bits per heavy atom. The molecule has 1 amide bonds. The molecule has 88 valence electrons. The van der Waals surface area contributed by atoms with Crippen molar-refractivity contribution in [1.29, 1.82) is 0 Å². The monoisotopic (exact) mass is 267 g/mol. The molecule has 0 fully saturated rings. The summed E-state index contributed by atoms with van der Waals surface area (Å²) in [7, 11) is 0. The fraction of sp³-hybridized carbons (Fsp3) is 0.300. The number of nitrogens with one attached hydrogen (secondary N) is 1. The van der Waals surface area contributed by atoms with Crippen LogP contribution in [0.1, 0.15) is 5.56 Å². The number of carbonyl (C=O) groups excluding carboxylic acids is 1. The third-order valence-corrected chi connectivity index (χ3v) is 2.49. The van der Waals surface area contributed by atoms with Gasteiger partial charge in [0, 0.05) is 16.6 Å². The number of carbonyl (C=O) groups is 1. The van der Waals surface area contributed by atoms with E-state index in [2.05, 4.69) is 5.32 Å². The van der Waals surface area contributed by atoms with Gasteiger partial charge in [0.1, 0.15) is 0 Å². The topological polar surface area (TPSA) is 29.1 Å². The number of alkyl halides is 2. The standard InChI is InChI=1S/C10H9Cl2F2NO/c11-7-2-1-6(8(12)5-7)3-4-15-10(16)9(13)14/h1-2,5,9H,3-4H2,(H,15,16). The van der Waals surface area contributed by atoms with Crippen molar-refractivity contribution in [3.8, 4) is 0 Å². The summed E-state index contributed by atoms with van der Waals surface area (Å²) in [5, 5.41) is 3.05. The molecule has 0 unspecified atom stereocenters. The van der Waals surface area contributed by atoms with Gasteiger partial charge in [-0.05, 0) is 24.1 Å². The van der Waals surface area contributed by atoms with Gasteiger partial charge in [-0.3, -0.25) is 4.79 Å². The van der Waals surface area contributed by atoms with E-state index < -0.39 is 12.3 Å². The van der Waals surface area contributed by atoms with Gasteiger partial charge in [0.2, 0.25) is 0 Å². The first-order valence-electron chi connectivity index (χ1n) is 4.50. The molecule has 6 heteroatoms. The summed E-state index contributed by atoms with van der Waals surface area (Å²) in [6, 6.07) is 4.91. The van der Waals surface area contributed by atoms with Crippen molar-refractivity contribution < 1.29 is 13.6 Å². The highest BCUT2D eigenvalue weighted by Gasteiger charge is 2.13. The van der Waals surface area contributed by atoms with E-state index in [0.29, 0.717) is 16.5 Å². The summed E-state index contributed by atoms with van der Waals surface area (Å²) in [5.41, 5.74) is 0.751. The number of hydrogen-bond donors (Lipinski definition) is 1. The third-order valence-electron chi connectivity index (χ3n) is 1.91. The van der Waals surface area contributed by atoms with Crippen LogP contribution in [0.15, 0.2) is 18.2 Å². The molecular formula is C10H9Cl2F2NO. The van der Waals surface area contributed by atoms with Crippen LogP contribution < -0.4 is 5.32 Å². The van der Waals surface area contributed by atoms with Gasteiger partial charge in [0.05, 0.1) is 0 Å². The normalized spacial score (nSPS) is 10.6. The van der Waals surface area contributed by atoms with E-state index in [4.69, 9.17) is 23.2 Å². The van der Waals surface area contributed by atoms with E-state index >= 15 is 0 Å². The lowest BCUT2D eigenvalue weighted by molar-refractivity contribution is -0.131. The van der Waals surface area contributed by atoms with Crippen molar-refractivity contribution in [2.45, 2.75) is 12.8 Å². The van der Waals surface area contributed by atoms with Crippen LogP contribution in [0.4, 0.5) is 8.78 Å². The van der Waals surface area contributed by atoms with E-state index in [1.165, 1.54) is 0 Å². The number of halogens is 4. The molecule has 1 aromatic carbocycles. The first-order valence-corrected chi connectivity index (χ1v) is 5.26. The molecule has 1 aromatic rings. The van der Waals surface area contributed by atoms with Gasteiger partial charge in [-0.2, -0.15) is 8.78 Å². The molecule has 0 radical (unpaired) electrons. The van der Waals surface area contributed by atoms with Crippen molar-refractivity contribution in [1.82, 2.24) is 5.32 Å². The second kappa shape index (κ2) is 6.01. The number of rotatable bonds is 4. The van der Waals surface area contributed by atoms with E-state index in [1.54, 1.807) is 18.2 Å². The van der Waals surface area contributed by atoms with Crippen LogP contribution in [0.25, 0.3) is 0 Å². The van der Waals surface area contributed by atoms with Crippen molar-refractivity contribution in [2.75, 3.05) is 6.54 Å². The molecule has 2 nitrogen and oxygen atoms in total. The van der Waals surface area contributed by atoms with Gasteiger partial charge in [0.15, 0.2) is 0 Å². The molecule has 16 heavy (non-hydrogen) atoms. The Bertz CT molecular complexity index is 385. The lowest BCUT2D eigenvalue weighted by Crippen LogP contribution is -2.31. The SMILES string of the molecule is O=C(NCCc1ccc(Cl)cc1Cl)C(F)F. The van der Waals surface area contributed by atoms with Crippen LogP contribution in [-0.4, -0.2) is 18.9 Å². The first-order chi connectivity index (χ1) is 7.50. The third kappa shape index (κ3) is 3.94. The van der Waals surface area contributed by atoms with E-state index in [9.17, 15) is 13.6 Å². The first kappa shape index (κ1) is 13.2. The van der Waals surface area contributed by atoms with E-state index in [-0.39, 0.29) is 6.54 Å². The maximum absolute atomic E-state index is 11.8. The predicted molar refractivity (Wildman–Crippen MR) is 59.2 cm³/mol. The largest absolute Gasteiger partial charge is 0.351 e. The molecule has 0 aliphatic carbocycles. The Labute approximate surface area is 102 Å². The predicted octanol–water partition coefficient (Wildman–Crippen LogP) is 2.92. The molecule has 0 spiro atoms. The minimum atomic E-state index is -2.99. The van der Waals surface area contributed by atoms with Gasteiger partial charge in [0.25, 0.3) is 5.91 Å². The van der Waals surface area contributed by atoms with Gasteiger partial charge < -0.3 is 5.32 Å². The van der Waals surface area contributed by atoms with Crippen LogP contribution in [0.5, 0.6) is 0 Å². The zero-order valence-corrected chi connectivity index (χ0v) is 9.66. The van der Waals surface area contributed by atoms with Crippen molar-refractivity contribution in [3.63, 3.8) is 0 Å². The second-order valence-electron chi connectivity index (χ2n) is 3.08. The van der Waals surface area contributed by atoms with Crippen molar-refractivity contribution in [3.05, 3.63) is 33.8 Å². The highest BCUT2D eigenvalue weighted by Crippen LogP contribution is 2.20. The van der Waals surface area contributed by atoms with Gasteiger partial charge in [-0.25, -0.2) is 0 Å². The summed E-state index contributed by atoms with van der Waals surface area (Å²) in [6.07, 6.45) is -2.60. The van der Waals surface area contributed by atoms with Crippen LogP contribution in [0.3, 0.4) is 0 Å². The number of amides is 1. The summed E-state index contributed by atoms with van der Waals surface area (Å²) >= 11 is 11.6. The van der Waals surface area contributed by atoms with Crippen LogP contribution in [0, 0.1) is 0 Å². The Morgan fingerprint density at radius 1 is 1.38 bits per heavy atom. The number of hydrogen-bond acceptors (Lipinski definition) is 1. The average molecular weight is 268 g/mol. The minimum absolute atomic E-state index is 0.116. The second-order valence-corrected chi connectivity index (χ2v) is 3.92. The molecule has 0 aromatic heterocycles. The maximum Gasteiger partial charge on any atom is 0.315 e. The minimum Gasteiger partial charge on any atom is -0.351 e. The lowest BCUT2D eigenvalue weighted by atomic mass is 10.1. The fourth-order valence-corrected chi connectivity index (χ4v) is 1.62. The van der Waals surface area contributed by atoms with Gasteiger partial charge in [-0.15, -0.1) is 0 Å². The molecular weight excluding hydrogens is 259 g/mol. The van der Waals surface area contributed by atoms with Crippen molar-refractivity contribution in [2.24, 2.45) is 0 Å². The maximum atomic E-state index is 11.8. The summed E-state index contributed by atoms with van der Waals surface area (Å²) in [6.45, 7) is 0.116. The Hall–Kier alpha value is -0.870. The molecule has 0 saturated heterocycles. The summed E-state index contributed by atoms with van der Waals surface area (Å²) < 4.78 is 23.7. The van der Waals surface area contributed by atoms with E-state index in [0.717, 1.165) is 5.56 Å². The molecule has 0 atom stereocenters. The van der Waals surface area contributed by atoms with E-state index in [1.807, 2.05) is 0 Å². The highest BCUT2D eigenvalue weighted by molar-refractivity contribution is 6.35. The van der Waals surface area contributed by atoms with Gasteiger partial charge in [-0.1, -0.05) is 29.3 Å². The lowest BCUT2D eigenvalue weighted by Gasteiger charge is -2.06. The average Bonchev–Trinajstić information content (AvgIpc) is 2.20. The van der Waals surface area contributed by atoms with Gasteiger partial charge >= 0.3 is 6.43 Å². The Kier molecular flexibility index (Phi) is 4.96. The van der Waals surface area contributed by atoms with Crippen LogP contribution in [0.2, 0.25) is 10.0 Å². The Balaban J connectivity index is 2.46. The highest BCUT2D eigenvalue weighted by atomic mass is 35.5. The van der Waals surface area contributed by atoms with Crippen LogP contribution >= 0.6 is 23.2 Å².